The third-order valence-electron chi connectivity index (χ3n) is 12.1. The average Bonchev–Trinajstić information content (AvgIpc) is 3.41. The third-order valence-corrected chi connectivity index (χ3v) is 12.1. The van der Waals surface area contributed by atoms with Crippen molar-refractivity contribution in [3.05, 3.63) is 12.2 Å². The molecule has 3 saturated carbocycles. The Morgan fingerprint density at radius 3 is 2.47 bits per heavy atom. The second-order valence-electron chi connectivity index (χ2n) is 13.4. The molecule has 2 saturated heterocycles. The Bertz CT molecular complexity index is 1020. The number of aliphatic hydroxyl groups is 4. The van der Waals surface area contributed by atoms with Gasteiger partial charge in [0.05, 0.1) is 29.1 Å². The summed E-state index contributed by atoms with van der Waals surface area (Å²) in [4.78, 5) is 25.5. The van der Waals surface area contributed by atoms with Gasteiger partial charge < -0.3 is 29.9 Å². The Morgan fingerprint density at radius 1 is 1.14 bits per heavy atom. The molecule has 4 aliphatic carbocycles. The Balaban J connectivity index is 1.32. The zero-order valence-electron chi connectivity index (χ0n) is 21.8. The van der Waals surface area contributed by atoms with Crippen LogP contribution in [0.25, 0.3) is 0 Å². The van der Waals surface area contributed by atoms with Gasteiger partial charge in [-0.3, -0.25) is 9.59 Å². The van der Waals surface area contributed by atoms with Gasteiger partial charge >= 0.3 is 5.97 Å². The van der Waals surface area contributed by atoms with Crippen LogP contribution in [0.3, 0.4) is 0 Å². The molecular weight excluding hydrogens is 464 g/mol. The first-order valence-corrected chi connectivity index (χ1v) is 13.6. The highest BCUT2D eigenvalue weighted by molar-refractivity contribution is 5.98. The molecule has 6 rings (SSSR count). The molecule has 0 aromatic carbocycles. The number of ether oxygens (including phenoxy) is 2. The van der Waals surface area contributed by atoms with Crippen molar-refractivity contribution >= 4 is 11.8 Å². The summed E-state index contributed by atoms with van der Waals surface area (Å²) in [5.41, 5.74) is -3.85. The standard InChI is InChI=1S/C28H40O8/c1-12-13(2)24(33)35-21(12)23(32)27(5,34)22-17(29)11-16-14-10-20-28(36-20)19(31)7-6-18(30)26(28,4)15(14)8-9-25(16,22)3/h6-7,12-17,19-23,29,31-32,34H,8-11H2,1-5H3/t12-,13-,14?,15?,16?,17+,19+,20-,21?,22?,23-,25+,26+,27-,28-/m1/s1. The first-order valence-electron chi connectivity index (χ1n) is 13.6. The van der Waals surface area contributed by atoms with Gasteiger partial charge in [0.1, 0.15) is 23.9 Å². The number of cyclic esters (lactones) is 1. The lowest BCUT2D eigenvalue weighted by Crippen LogP contribution is -2.64. The maximum Gasteiger partial charge on any atom is 0.309 e. The van der Waals surface area contributed by atoms with Gasteiger partial charge in [-0.05, 0) is 74.9 Å². The highest BCUT2D eigenvalue weighted by atomic mass is 16.6. The lowest BCUT2D eigenvalue weighted by Gasteiger charge is -2.58. The predicted octanol–water partition coefficient (Wildman–Crippen LogP) is 1.37. The summed E-state index contributed by atoms with van der Waals surface area (Å²) < 4.78 is 11.6. The minimum absolute atomic E-state index is 0.00101. The number of allylic oxidation sites excluding steroid dienone is 1. The molecule has 0 amide bonds. The summed E-state index contributed by atoms with van der Waals surface area (Å²) in [6.07, 6.45) is 1.57. The largest absolute Gasteiger partial charge is 0.459 e. The molecule has 0 radical (unpaired) electrons. The Kier molecular flexibility index (Phi) is 5.14. The first kappa shape index (κ1) is 25.0. The number of carbonyl (C=O) groups excluding carboxylic acids is 2. The van der Waals surface area contributed by atoms with Gasteiger partial charge in [0, 0.05) is 11.8 Å². The van der Waals surface area contributed by atoms with Gasteiger partial charge in [-0.1, -0.05) is 20.8 Å². The number of hydrogen-bond acceptors (Lipinski definition) is 8. The van der Waals surface area contributed by atoms with Crippen molar-refractivity contribution in [2.24, 2.45) is 46.3 Å². The summed E-state index contributed by atoms with van der Waals surface area (Å²) in [6.45, 7) is 9.21. The molecule has 4 N–H and O–H groups in total. The number of aliphatic hydroxyl groups excluding tert-OH is 3. The van der Waals surface area contributed by atoms with Crippen LogP contribution in [0, 0.1) is 46.3 Å². The average molecular weight is 505 g/mol. The van der Waals surface area contributed by atoms with Gasteiger partial charge in [0.2, 0.25) is 0 Å². The molecule has 0 aromatic heterocycles. The van der Waals surface area contributed by atoms with E-state index < -0.39 is 52.4 Å². The summed E-state index contributed by atoms with van der Waals surface area (Å²) in [5.74, 6) is -1.52. The van der Waals surface area contributed by atoms with E-state index in [4.69, 9.17) is 9.47 Å². The van der Waals surface area contributed by atoms with Crippen LogP contribution >= 0.6 is 0 Å². The van der Waals surface area contributed by atoms with E-state index in [1.54, 1.807) is 19.9 Å². The Labute approximate surface area is 212 Å². The summed E-state index contributed by atoms with van der Waals surface area (Å²) in [7, 11) is 0. The van der Waals surface area contributed by atoms with Crippen molar-refractivity contribution in [2.75, 3.05) is 0 Å². The maximum atomic E-state index is 13.3. The number of rotatable bonds is 3. The van der Waals surface area contributed by atoms with Crippen LogP contribution in [0.15, 0.2) is 12.2 Å². The first-order chi connectivity index (χ1) is 16.7. The molecule has 8 heteroatoms. The molecule has 5 fully saturated rings. The highest BCUT2D eigenvalue weighted by Crippen LogP contribution is 2.73. The molecule has 0 bridgehead atoms. The lowest BCUT2D eigenvalue weighted by molar-refractivity contribution is -0.199. The summed E-state index contributed by atoms with van der Waals surface area (Å²) in [5, 5.41) is 45.5. The number of fused-ring (bicyclic) bond motifs is 4. The molecule has 8 nitrogen and oxygen atoms in total. The van der Waals surface area contributed by atoms with Crippen LogP contribution < -0.4 is 0 Å². The normalized spacial score (nSPS) is 57.7. The third kappa shape index (κ3) is 2.73. The number of carbonyl (C=O) groups is 2. The fourth-order valence-electron chi connectivity index (χ4n) is 9.98. The van der Waals surface area contributed by atoms with Gasteiger partial charge in [0.25, 0.3) is 0 Å². The number of ketones is 1. The molecule has 15 atom stereocenters. The van der Waals surface area contributed by atoms with Gasteiger partial charge in [0.15, 0.2) is 5.78 Å². The SMILES string of the molecule is C[C@H]1C(=O)OC([C@@H](O)[C@](C)(O)C2[C@@H](O)CC3C4C[C@H]5O[C@]56[C@@H](O)C=CC(=O)[C@]6(C)C4CC[C@@]32C)[C@@H]1C. The van der Waals surface area contributed by atoms with Crippen molar-refractivity contribution in [3.63, 3.8) is 0 Å². The smallest absolute Gasteiger partial charge is 0.309 e. The minimum Gasteiger partial charge on any atom is -0.459 e. The topological polar surface area (TPSA) is 137 Å². The van der Waals surface area contributed by atoms with Crippen molar-refractivity contribution in [2.45, 2.75) is 102 Å². The highest BCUT2D eigenvalue weighted by Gasteiger charge is 2.80. The lowest BCUT2D eigenvalue weighted by atomic mass is 9.44. The number of epoxide rings is 1. The van der Waals surface area contributed by atoms with E-state index in [0.29, 0.717) is 25.7 Å². The second-order valence-corrected chi connectivity index (χ2v) is 13.4. The number of hydrogen-bond donors (Lipinski definition) is 4. The quantitative estimate of drug-likeness (QED) is 0.334. The fourth-order valence-corrected chi connectivity index (χ4v) is 9.98. The van der Waals surface area contributed by atoms with E-state index in [1.165, 1.54) is 6.08 Å². The van der Waals surface area contributed by atoms with Crippen molar-refractivity contribution in [1.29, 1.82) is 0 Å². The molecule has 5 unspecified atom stereocenters. The molecule has 2 heterocycles. The fraction of sp³-hybridized carbons (Fsp3) is 0.857. The van der Waals surface area contributed by atoms with Gasteiger partial charge in [-0.15, -0.1) is 0 Å². The van der Waals surface area contributed by atoms with Gasteiger partial charge in [-0.25, -0.2) is 0 Å². The summed E-state index contributed by atoms with van der Waals surface area (Å²) in [6, 6.07) is 0. The Morgan fingerprint density at radius 2 is 1.83 bits per heavy atom. The van der Waals surface area contributed by atoms with E-state index in [0.717, 1.165) is 0 Å². The van der Waals surface area contributed by atoms with Crippen LogP contribution in [0.5, 0.6) is 0 Å². The zero-order valence-corrected chi connectivity index (χ0v) is 21.8. The molecule has 36 heavy (non-hydrogen) atoms. The molecule has 1 spiro atoms. The second kappa shape index (κ2) is 7.41. The molecule has 0 aromatic rings. The maximum absolute atomic E-state index is 13.3. The van der Waals surface area contributed by atoms with Gasteiger partial charge in [-0.2, -0.15) is 0 Å². The molecular formula is C28H40O8. The van der Waals surface area contributed by atoms with Crippen molar-refractivity contribution in [3.8, 4) is 0 Å². The molecule has 2 aliphatic heterocycles. The van der Waals surface area contributed by atoms with Crippen molar-refractivity contribution in [1.82, 2.24) is 0 Å². The van der Waals surface area contributed by atoms with Crippen LogP contribution in [0.1, 0.15) is 60.3 Å². The number of esters is 1. The molecule has 6 aliphatic rings. The van der Waals surface area contributed by atoms with E-state index in [9.17, 15) is 30.0 Å². The monoisotopic (exact) mass is 504 g/mol. The summed E-state index contributed by atoms with van der Waals surface area (Å²) >= 11 is 0. The van der Waals surface area contributed by atoms with E-state index in [-0.39, 0.29) is 47.4 Å². The minimum atomic E-state index is -1.68. The van der Waals surface area contributed by atoms with Crippen LogP contribution in [0.2, 0.25) is 0 Å². The molecule has 200 valence electrons. The Hall–Kier alpha value is -1.32. The van der Waals surface area contributed by atoms with Crippen LogP contribution in [-0.4, -0.2) is 73.9 Å². The zero-order chi connectivity index (χ0) is 26.2. The van der Waals surface area contributed by atoms with Crippen LogP contribution in [-0.2, 0) is 19.1 Å². The van der Waals surface area contributed by atoms with Crippen LogP contribution in [0.4, 0.5) is 0 Å². The van der Waals surface area contributed by atoms with Crippen molar-refractivity contribution < 1.29 is 39.5 Å². The van der Waals surface area contributed by atoms with E-state index in [1.807, 2.05) is 13.8 Å². The predicted molar refractivity (Wildman–Crippen MR) is 127 cm³/mol. The van der Waals surface area contributed by atoms with E-state index in [2.05, 4.69) is 6.92 Å². The van der Waals surface area contributed by atoms with E-state index >= 15 is 0 Å².